The summed E-state index contributed by atoms with van der Waals surface area (Å²) < 4.78 is 0. The predicted molar refractivity (Wildman–Crippen MR) is 160 cm³/mol. The molecule has 0 atom stereocenters. The lowest BCUT2D eigenvalue weighted by molar-refractivity contribution is 1.27. The molecule has 8 bridgehead atoms. The Labute approximate surface area is 206 Å². The zero-order valence-corrected chi connectivity index (χ0v) is 13.0. The van der Waals surface area contributed by atoms with Crippen molar-refractivity contribution in [3.8, 4) is 0 Å². The summed E-state index contributed by atoms with van der Waals surface area (Å²) in [6, 6.07) is 4.19. The third-order valence-electron chi connectivity index (χ3n) is 4.29. The van der Waals surface area contributed by atoms with Gasteiger partial charge in [-0.3, -0.25) is 0 Å². The summed E-state index contributed by atoms with van der Waals surface area (Å²) in [6.07, 6.45) is 21.8. The highest BCUT2D eigenvalue weighted by Gasteiger charge is 2.11. The Kier molecular flexibility index (Phi) is 20.0. The highest BCUT2D eigenvalue weighted by atomic mass is 14.8. The van der Waals surface area contributed by atoms with Crippen LogP contribution in [-0.4, -0.2) is 16.4 Å². The number of aromatic nitrogens is 1. The molecule has 1 aromatic heterocycles. The van der Waals surface area contributed by atoms with E-state index < -0.39 is 0 Å². The van der Waals surface area contributed by atoms with Crippen molar-refractivity contribution in [1.82, 2.24) is 4.98 Å². The Balaban J connectivity index is -0.000000290. The van der Waals surface area contributed by atoms with E-state index in [4.69, 9.17) is 0 Å². The van der Waals surface area contributed by atoms with Crippen LogP contribution < -0.4 is 0 Å². The zero-order valence-electron chi connectivity index (χ0n) is 13.0. The van der Waals surface area contributed by atoms with Gasteiger partial charge in [-0.1, -0.05) is 79.0 Å². The first-order chi connectivity index (χ1) is 11.8. The summed E-state index contributed by atoms with van der Waals surface area (Å²) in [5.74, 6) is 0. The first-order valence-corrected chi connectivity index (χ1v) is 8.05. The first-order valence-electron chi connectivity index (χ1n) is 8.05. The van der Waals surface area contributed by atoms with Gasteiger partial charge in [0.1, 0.15) is 0 Å². The van der Waals surface area contributed by atoms with Gasteiger partial charge in [0.25, 0.3) is 0 Å². The average molecular weight is 454 g/mol. The lowest BCUT2D eigenvalue weighted by Crippen LogP contribution is -1.87. The fourth-order valence-electron chi connectivity index (χ4n) is 3.17. The molecule has 0 spiro atoms. The molecule has 4 heterocycles. The van der Waals surface area contributed by atoms with E-state index in [0.717, 1.165) is 40.6 Å². The molecule has 186 valence electrons. The Morgan fingerprint density at radius 1 is 0.485 bits per heavy atom. The van der Waals surface area contributed by atoms with E-state index in [1.807, 2.05) is 24.3 Å². The number of rotatable bonds is 0. The minimum Gasteiger partial charge on any atom is -0.355 e. The van der Waals surface area contributed by atoms with Crippen LogP contribution in [0.3, 0.4) is 0 Å². The number of hydrogen-bond acceptors (Lipinski definition) is 2. The van der Waals surface area contributed by atoms with E-state index in [1.165, 1.54) is 11.1 Å². The highest BCUT2D eigenvalue weighted by Crippen LogP contribution is 2.26. The SMILES string of the molecule is C.C.C.C.C.C.C.C.C.C1=CC2=Cc3ccc([nH]3)C=C3C=CC(=N3)C=C3C=CC(=N3)C=C1C2. The molecule has 0 unspecified atom stereocenters. The molecule has 3 heteroatoms. The fraction of sp³-hybridized carbons (Fsp3) is 0.333. The molecular weight excluding hydrogens is 402 g/mol. The minimum absolute atomic E-state index is 0. The van der Waals surface area contributed by atoms with Crippen LogP contribution in [0, 0.1) is 0 Å². The molecule has 1 aromatic rings. The number of H-pyrrole nitrogens is 1. The molecule has 0 saturated carbocycles. The molecule has 5 rings (SSSR count). The maximum absolute atomic E-state index is 4.66. The van der Waals surface area contributed by atoms with Crippen molar-refractivity contribution in [2.45, 2.75) is 73.3 Å². The molecule has 1 aliphatic carbocycles. The van der Waals surface area contributed by atoms with Crippen molar-refractivity contribution in [3.63, 3.8) is 0 Å². The molecule has 4 aliphatic rings. The van der Waals surface area contributed by atoms with Gasteiger partial charge in [-0.05, 0) is 78.3 Å². The number of allylic oxidation sites excluding steroid dienone is 10. The fourth-order valence-corrected chi connectivity index (χ4v) is 3.17. The van der Waals surface area contributed by atoms with Crippen LogP contribution >= 0.6 is 0 Å². The van der Waals surface area contributed by atoms with Gasteiger partial charge in [0, 0.05) is 11.4 Å². The van der Waals surface area contributed by atoms with Gasteiger partial charge in [0.15, 0.2) is 0 Å². The van der Waals surface area contributed by atoms with E-state index in [1.54, 1.807) is 0 Å². The smallest absolute Gasteiger partial charge is 0.0659 e. The predicted octanol–water partition coefficient (Wildman–Crippen LogP) is 10.3. The Hall–Kier alpha value is -3.20. The molecule has 1 N–H and O–H groups in total. The average Bonchev–Trinajstić information content (AvgIpc) is 3.32. The van der Waals surface area contributed by atoms with Crippen molar-refractivity contribution < 1.29 is 0 Å². The van der Waals surface area contributed by atoms with Crippen LogP contribution in [0.1, 0.15) is 84.6 Å². The molecule has 0 aromatic carbocycles. The lowest BCUT2D eigenvalue weighted by Gasteiger charge is -1.97. The number of aliphatic imine (C=N–C) groups is 2. The number of aromatic amines is 1. The van der Waals surface area contributed by atoms with Crippen LogP contribution in [0.15, 0.2) is 93.3 Å². The Bertz CT molecular complexity index is 1010. The van der Waals surface area contributed by atoms with Gasteiger partial charge < -0.3 is 4.98 Å². The van der Waals surface area contributed by atoms with Crippen molar-refractivity contribution >= 4 is 23.6 Å². The summed E-state index contributed by atoms with van der Waals surface area (Å²) in [6.45, 7) is 0. The first kappa shape index (κ1) is 40.2. The van der Waals surface area contributed by atoms with Gasteiger partial charge in [-0.25, -0.2) is 9.98 Å². The molecule has 0 saturated heterocycles. The normalized spacial score (nSPS) is 14.9. The third kappa shape index (κ3) is 8.69. The van der Waals surface area contributed by atoms with Gasteiger partial charge in [-0.2, -0.15) is 0 Å². The highest BCUT2D eigenvalue weighted by molar-refractivity contribution is 6.11. The zero-order chi connectivity index (χ0) is 15.9. The second kappa shape index (κ2) is 16.4. The second-order valence-corrected chi connectivity index (χ2v) is 6.20. The van der Waals surface area contributed by atoms with Crippen molar-refractivity contribution in [2.75, 3.05) is 0 Å². The quantitative estimate of drug-likeness (QED) is 0.406. The van der Waals surface area contributed by atoms with E-state index in [-0.39, 0.29) is 66.8 Å². The van der Waals surface area contributed by atoms with Gasteiger partial charge in [0.05, 0.1) is 22.8 Å². The van der Waals surface area contributed by atoms with E-state index in [0.29, 0.717) is 0 Å². The summed E-state index contributed by atoms with van der Waals surface area (Å²) in [7, 11) is 0. The van der Waals surface area contributed by atoms with E-state index in [2.05, 4.69) is 63.6 Å². The standard InChI is InChI=1S/C21H15N3.9CH4/c1-2-15-9-14(1)10-16-3-5-18(22-16)12-20-7-8-21(24-20)13-19-6-4-17(11-15)23-19;;;;;;;;;/h1-8,10-13,22H,9H2;9*1H4. The van der Waals surface area contributed by atoms with Crippen LogP contribution in [0.5, 0.6) is 0 Å². The summed E-state index contributed by atoms with van der Waals surface area (Å²) in [4.78, 5) is 12.7. The summed E-state index contributed by atoms with van der Waals surface area (Å²) in [5, 5.41) is 0. The van der Waals surface area contributed by atoms with E-state index in [9.17, 15) is 0 Å². The number of nitrogens with zero attached hydrogens (tertiary/aromatic N) is 2. The maximum Gasteiger partial charge on any atom is 0.0659 e. The molecular formula is C30H51N3. The topological polar surface area (TPSA) is 40.5 Å². The molecule has 0 amide bonds. The summed E-state index contributed by atoms with van der Waals surface area (Å²) >= 11 is 0. The molecule has 0 radical (unpaired) electrons. The largest absolute Gasteiger partial charge is 0.355 e. The van der Waals surface area contributed by atoms with Crippen molar-refractivity contribution in [1.29, 1.82) is 0 Å². The van der Waals surface area contributed by atoms with Crippen molar-refractivity contribution in [2.24, 2.45) is 9.98 Å². The molecule has 33 heavy (non-hydrogen) atoms. The molecule has 0 fully saturated rings. The van der Waals surface area contributed by atoms with Gasteiger partial charge in [-0.15, -0.1) is 0 Å². The van der Waals surface area contributed by atoms with Crippen LogP contribution in [0.2, 0.25) is 0 Å². The molecule has 3 nitrogen and oxygen atoms in total. The van der Waals surface area contributed by atoms with Gasteiger partial charge >= 0.3 is 0 Å². The Morgan fingerprint density at radius 2 is 0.939 bits per heavy atom. The molecule has 3 aliphatic heterocycles. The van der Waals surface area contributed by atoms with Crippen LogP contribution in [-0.2, 0) is 0 Å². The second-order valence-electron chi connectivity index (χ2n) is 6.20. The lowest BCUT2D eigenvalue weighted by atomic mass is 10.1. The maximum atomic E-state index is 4.66. The van der Waals surface area contributed by atoms with Crippen LogP contribution in [0.4, 0.5) is 0 Å². The van der Waals surface area contributed by atoms with E-state index >= 15 is 0 Å². The van der Waals surface area contributed by atoms with Crippen molar-refractivity contribution in [3.05, 3.63) is 94.7 Å². The third-order valence-corrected chi connectivity index (χ3v) is 4.29. The summed E-state index contributed by atoms with van der Waals surface area (Å²) in [5.41, 5.74) is 8.57. The number of nitrogens with one attached hydrogen (secondary N) is 1. The van der Waals surface area contributed by atoms with Gasteiger partial charge in [0.2, 0.25) is 0 Å². The monoisotopic (exact) mass is 453 g/mol. The number of fused-ring (bicyclic) bond motifs is 6. The Morgan fingerprint density at radius 3 is 1.52 bits per heavy atom. The van der Waals surface area contributed by atoms with Crippen LogP contribution in [0.25, 0.3) is 12.2 Å². The number of hydrogen-bond donors (Lipinski definition) is 1. The minimum atomic E-state index is 0.